The Morgan fingerprint density at radius 1 is 0.862 bits per heavy atom. The molecule has 0 aliphatic rings. The SMILES string of the molecule is Fc1ccc(CSc2ncc(-c3ccc(Cl)c(Cl)c3)n2Cc2ccccc2)cc1. The molecule has 0 radical (unpaired) electrons. The third-order valence-electron chi connectivity index (χ3n) is 4.50. The van der Waals surface area contributed by atoms with Gasteiger partial charge in [0.05, 0.1) is 28.5 Å². The van der Waals surface area contributed by atoms with Gasteiger partial charge in [-0.2, -0.15) is 0 Å². The quantitative estimate of drug-likeness (QED) is 0.290. The molecule has 0 amide bonds. The van der Waals surface area contributed by atoms with Gasteiger partial charge in [0.15, 0.2) is 5.16 Å². The molecule has 4 rings (SSSR count). The van der Waals surface area contributed by atoms with E-state index in [1.54, 1.807) is 30.0 Å². The summed E-state index contributed by atoms with van der Waals surface area (Å²) in [6.45, 7) is 0.683. The maximum atomic E-state index is 13.2. The summed E-state index contributed by atoms with van der Waals surface area (Å²) >= 11 is 13.9. The summed E-state index contributed by atoms with van der Waals surface area (Å²) in [5, 5.41) is 1.92. The lowest BCUT2D eigenvalue weighted by molar-refractivity contribution is 0.627. The van der Waals surface area contributed by atoms with Gasteiger partial charge in [-0.25, -0.2) is 9.37 Å². The van der Waals surface area contributed by atoms with E-state index in [1.807, 2.05) is 36.5 Å². The third-order valence-corrected chi connectivity index (χ3v) is 6.30. The largest absolute Gasteiger partial charge is 0.314 e. The van der Waals surface area contributed by atoms with Gasteiger partial charge in [0, 0.05) is 11.3 Å². The van der Waals surface area contributed by atoms with Gasteiger partial charge < -0.3 is 4.57 Å². The van der Waals surface area contributed by atoms with Crippen LogP contribution in [0.1, 0.15) is 11.1 Å². The predicted molar refractivity (Wildman–Crippen MR) is 119 cm³/mol. The molecule has 0 bridgehead atoms. The van der Waals surface area contributed by atoms with Crippen molar-refractivity contribution in [2.75, 3.05) is 0 Å². The van der Waals surface area contributed by atoms with Gasteiger partial charge in [-0.05, 0) is 35.4 Å². The Hall–Kier alpha value is -2.27. The van der Waals surface area contributed by atoms with Crippen molar-refractivity contribution in [3.8, 4) is 11.3 Å². The van der Waals surface area contributed by atoms with Crippen molar-refractivity contribution in [2.24, 2.45) is 0 Å². The van der Waals surface area contributed by atoms with E-state index in [4.69, 9.17) is 23.2 Å². The first-order valence-electron chi connectivity index (χ1n) is 9.02. The highest BCUT2D eigenvalue weighted by molar-refractivity contribution is 7.98. The molecule has 1 heterocycles. The van der Waals surface area contributed by atoms with Crippen LogP contribution >= 0.6 is 35.0 Å². The van der Waals surface area contributed by atoms with Gasteiger partial charge in [-0.1, -0.05) is 83.5 Å². The maximum absolute atomic E-state index is 13.2. The van der Waals surface area contributed by atoms with Crippen molar-refractivity contribution in [3.05, 3.63) is 106 Å². The lowest BCUT2D eigenvalue weighted by Crippen LogP contribution is -2.04. The van der Waals surface area contributed by atoms with Crippen LogP contribution in [0.4, 0.5) is 4.39 Å². The van der Waals surface area contributed by atoms with Crippen LogP contribution in [0.2, 0.25) is 10.0 Å². The minimum Gasteiger partial charge on any atom is -0.314 e. The van der Waals surface area contributed by atoms with E-state index in [9.17, 15) is 4.39 Å². The first-order chi connectivity index (χ1) is 14.1. The molecule has 2 nitrogen and oxygen atoms in total. The highest BCUT2D eigenvalue weighted by Crippen LogP contribution is 2.32. The van der Waals surface area contributed by atoms with Crippen LogP contribution in [0.25, 0.3) is 11.3 Å². The van der Waals surface area contributed by atoms with Crippen molar-refractivity contribution < 1.29 is 4.39 Å². The molecule has 0 unspecified atom stereocenters. The normalized spacial score (nSPS) is 11.0. The fourth-order valence-electron chi connectivity index (χ4n) is 3.01. The molecule has 0 N–H and O–H groups in total. The van der Waals surface area contributed by atoms with E-state index in [1.165, 1.54) is 17.7 Å². The molecule has 0 fully saturated rings. The van der Waals surface area contributed by atoms with Crippen molar-refractivity contribution in [1.82, 2.24) is 9.55 Å². The fourth-order valence-corrected chi connectivity index (χ4v) is 4.24. The minimum atomic E-state index is -0.230. The number of imidazole rings is 1. The Kier molecular flexibility index (Phi) is 6.24. The van der Waals surface area contributed by atoms with E-state index < -0.39 is 0 Å². The molecule has 29 heavy (non-hydrogen) atoms. The smallest absolute Gasteiger partial charge is 0.169 e. The molecule has 0 aliphatic carbocycles. The summed E-state index contributed by atoms with van der Waals surface area (Å²) in [5.41, 5.74) is 4.14. The first-order valence-corrected chi connectivity index (χ1v) is 10.8. The second-order valence-electron chi connectivity index (χ2n) is 6.54. The van der Waals surface area contributed by atoms with Crippen LogP contribution in [0.5, 0.6) is 0 Å². The molecule has 4 aromatic rings. The average molecular weight is 443 g/mol. The Balaban J connectivity index is 1.67. The van der Waals surface area contributed by atoms with Gasteiger partial charge in [0.2, 0.25) is 0 Å². The number of hydrogen-bond acceptors (Lipinski definition) is 2. The van der Waals surface area contributed by atoms with Crippen molar-refractivity contribution in [2.45, 2.75) is 17.5 Å². The Labute approximate surface area is 183 Å². The van der Waals surface area contributed by atoms with Crippen LogP contribution in [-0.2, 0) is 12.3 Å². The second-order valence-corrected chi connectivity index (χ2v) is 8.30. The molecular weight excluding hydrogens is 426 g/mol. The van der Waals surface area contributed by atoms with E-state index >= 15 is 0 Å². The zero-order valence-electron chi connectivity index (χ0n) is 15.4. The Morgan fingerprint density at radius 2 is 1.62 bits per heavy atom. The molecule has 0 aliphatic heterocycles. The molecule has 146 valence electrons. The molecule has 0 saturated heterocycles. The van der Waals surface area contributed by atoms with Gasteiger partial charge >= 0.3 is 0 Å². The highest BCUT2D eigenvalue weighted by Gasteiger charge is 2.14. The third kappa shape index (κ3) is 4.84. The number of thioether (sulfide) groups is 1. The van der Waals surface area contributed by atoms with E-state index in [2.05, 4.69) is 21.7 Å². The topological polar surface area (TPSA) is 17.8 Å². The van der Waals surface area contributed by atoms with Crippen molar-refractivity contribution in [3.63, 3.8) is 0 Å². The lowest BCUT2D eigenvalue weighted by atomic mass is 10.1. The van der Waals surface area contributed by atoms with Crippen molar-refractivity contribution >= 4 is 35.0 Å². The standard InChI is InChI=1S/C23H17Cl2FN2S/c24-20-11-8-18(12-21(20)25)22-13-27-23(28(22)14-16-4-2-1-3-5-16)29-15-17-6-9-19(26)10-7-17/h1-13H,14-15H2. The second kappa shape index (κ2) is 9.04. The van der Waals surface area contributed by atoms with Gasteiger partial charge in [0.1, 0.15) is 5.82 Å². The maximum Gasteiger partial charge on any atom is 0.169 e. The molecule has 0 spiro atoms. The zero-order valence-corrected chi connectivity index (χ0v) is 17.7. The summed E-state index contributed by atoms with van der Waals surface area (Å²) in [7, 11) is 0. The summed E-state index contributed by atoms with van der Waals surface area (Å²) in [5.74, 6) is 0.471. The zero-order chi connectivity index (χ0) is 20.2. The minimum absolute atomic E-state index is 0.230. The van der Waals surface area contributed by atoms with Crippen LogP contribution in [0, 0.1) is 5.82 Å². The molecule has 0 saturated carbocycles. The van der Waals surface area contributed by atoms with Gasteiger partial charge in [-0.15, -0.1) is 0 Å². The molecule has 0 atom stereocenters. The fraction of sp³-hybridized carbons (Fsp3) is 0.0870. The summed E-state index contributed by atoms with van der Waals surface area (Å²) in [6.07, 6.45) is 1.86. The van der Waals surface area contributed by atoms with E-state index in [-0.39, 0.29) is 5.82 Å². The Bertz CT molecular complexity index is 1110. The van der Waals surface area contributed by atoms with Crippen LogP contribution in [0.15, 0.2) is 84.1 Å². The molecular formula is C23H17Cl2FN2S. The van der Waals surface area contributed by atoms with E-state index in [0.717, 1.165) is 22.0 Å². The van der Waals surface area contributed by atoms with Crippen LogP contribution in [-0.4, -0.2) is 9.55 Å². The number of rotatable bonds is 6. The highest BCUT2D eigenvalue weighted by atomic mass is 35.5. The summed E-state index contributed by atoms with van der Waals surface area (Å²) in [4.78, 5) is 4.65. The number of nitrogens with zero attached hydrogens (tertiary/aromatic N) is 2. The van der Waals surface area contributed by atoms with Gasteiger partial charge in [-0.3, -0.25) is 0 Å². The van der Waals surface area contributed by atoms with Gasteiger partial charge in [0.25, 0.3) is 0 Å². The molecule has 6 heteroatoms. The number of halogens is 3. The number of aromatic nitrogens is 2. The van der Waals surface area contributed by atoms with Crippen molar-refractivity contribution in [1.29, 1.82) is 0 Å². The average Bonchev–Trinajstić information content (AvgIpc) is 3.13. The summed E-state index contributed by atoms with van der Waals surface area (Å²) < 4.78 is 15.3. The predicted octanol–water partition coefficient (Wildman–Crippen LogP) is 7.34. The molecule has 3 aromatic carbocycles. The lowest BCUT2D eigenvalue weighted by Gasteiger charge is -2.13. The van der Waals surface area contributed by atoms with Crippen LogP contribution < -0.4 is 0 Å². The number of hydrogen-bond donors (Lipinski definition) is 0. The number of benzene rings is 3. The first kappa shape index (κ1) is 20.0. The van der Waals surface area contributed by atoms with E-state index in [0.29, 0.717) is 22.3 Å². The Morgan fingerprint density at radius 3 is 2.34 bits per heavy atom. The molecule has 1 aromatic heterocycles. The summed E-state index contributed by atoms with van der Waals surface area (Å²) in [6, 6.07) is 22.4. The van der Waals surface area contributed by atoms with Crippen LogP contribution in [0.3, 0.4) is 0 Å². The monoisotopic (exact) mass is 442 g/mol.